The smallest absolute Gasteiger partial charge is 0.331 e. The fourth-order valence-corrected chi connectivity index (χ4v) is 2.07. The van der Waals surface area contributed by atoms with Crippen LogP contribution in [0.1, 0.15) is 12.5 Å². The highest BCUT2D eigenvalue weighted by molar-refractivity contribution is 9.10. The van der Waals surface area contributed by atoms with Crippen molar-refractivity contribution in [2.45, 2.75) is 13.0 Å². The van der Waals surface area contributed by atoms with E-state index in [1.165, 1.54) is 31.2 Å². The summed E-state index contributed by atoms with van der Waals surface area (Å²) in [4.78, 5) is 23.7. The summed E-state index contributed by atoms with van der Waals surface area (Å²) in [6, 6.07) is 13.1. The molecule has 4 nitrogen and oxygen atoms in total. The summed E-state index contributed by atoms with van der Waals surface area (Å²) in [7, 11) is 0. The highest BCUT2D eigenvalue weighted by Gasteiger charge is 2.17. The van der Waals surface area contributed by atoms with Crippen molar-refractivity contribution in [3.05, 3.63) is 70.5 Å². The van der Waals surface area contributed by atoms with Crippen molar-refractivity contribution >= 4 is 39.6 Å². The van der Waals surface area contributed by atoms with E-state index in [1.54, 1.807) is 12.1 Å². The van der Waals surface area contributed by atoms with Crippen LogP contribution in [0.2, 0.25) is 0 Å². The van der Waals surface area contributed by atoms with Gasteiger partial charge >= 0.3 is 5.97 Å². The van der Waals surface area contributed by atoms with E-state index in [4.69, 9.17) is 4.74 Å². The molecule has 0 saturated heterocycles. The second-order valence-electron chi connectivity index (χ2n) is 4.93. The van der Waals surface area contributed by atoms with Crippen LogP contribution in [0, 0.1) is 5.82 Å². The molecule has 2 aromatic rings. The normalized spacial score (nSPS) is 12.0. The van der Waals surface area contributed by atoms with Gasteiger partial charge < -0.3 is 10.1 Å². The molecule has 0 aliphatic rings. The molecule has 1 amide bonds. The van der Waals surface area contributed by atoms with Crippen LogP contribution in [-0.4, -0.2) is 18.0 Å². The molecule has 0 spiro atoms. The van der Waals surface area contributed by atoms with E-state index in [0.29, 0.717) is 0 Å². The van der Waals surface area contributed by atoms with Crippen LogP contribution < -0.4 is 5.32 Å². The van der Waals surface area contributed by atoms with Crippen molar-refractivity contribution in [2.75, 3.05) is 5.32 Å². The molecule has 0 heterocycles. The van der Waals surface area contributed by atoms with E-state index in [-0.39, 0.29) is 5.69 Å². The second kappa shape index (κ2) is 8.40. The summed E-state index contributed by atoms with van der Waals surface area (Å²) >= 11 is 3.32. The van der Waals surface area contributed by atoms with Crippen molar-refractivity contribution < 1.29 is 18.7 Å². The van der Waals surface area contributed by atoms with Crippen LogP contribution in [0.15, 0.2) is 59.1 Å². The molecule has 0 aromatic heterocycles. The molecule has 2 rings (SSSR count). The number of para-hydroxylation sites is 1. The van der Waals surface area contributed by atoms with Crippen LogP contribution in [0.5, 0.6) is 0 Å². The lowest BCUT2D eigenvalue weighted by Gasteiger charge is -2.12. The molecule has 0 bridgehead atoms. The van der Waals surface area contributed by atoms with Crippen LogP contribution in [0.4, 0.5) is 10.1 Å². The third-order valence-electron chi connectivity index (χ3n) is 3.08. The zero-order chi connectivity index (χ0) is 17.5. The second-order valence-corrected chi connectivity index (χ2v) is 5.85. The Bertz CT molecular complexity index is 759. The van der Waals surface area contributed by atoms with Gasteiger partial charge in [0.1, 0.15) is 5.82 Å². The van der Waals surface area contributed by atoms with Gasteiger partial charge in [0.05, 0.1) is 5.69 Å². The van der Waals surface area contributed by atoms with Gasteiger partial charge in [0, 0.05) is 10.5 Å². The molecule has 1 unspecified atom stereocenters. The lowest BCUT2D eigenvalue weighted by Crippen LogP contribution is -2.29. The number of anilines is 1. The molecule has 0 aliphatic carbocycles. The Kier molecular flexibility index (Phi) is 6.26. The number of nitrogens with one attached hydrogen (secondary N) is 1. The molecular formula is C18H15BrFNO3. The highest BCUT2D eigenvalue weighted by atomic mass is 79.9. The number of esters is 1. The average Bonchev–Trinajstić information content (AvgIpc) is 2.56. The Morgan fingerprint density at radius 3 is 2.50 bits per heavy atom. The number of rotatable bonds is 5. The summed E-state index contributed by atoms with van der Waals surface area (Å²) in [6.45, 7) is 1.42. The molecule has 124 valence electrons. The Morgan fingerprint density at radius 2 is 1.83 bits per heavy atom. The maximum Gasteiger partial charge on any atom is 0.331 e. The molecule has 2 aromatic carbocycles. The maximum absolute atomic E-state index is 13.5. The van der Waals surface area contributed by atoms with E-state index in [1.807, 2.05) is 24.3 Å². The van der Waals surface area contributed by atoms with Crippen molar-refractivity contribution in [1.82, 2.24) is 0 Å². The van der Waals surface area contributed by atoms with E-state index in [0.717, 1.165) is 10.0 Å². The molecule has 0 fully saturated rings. The largest absolute Gasteiger partial charge is 0.449 e. The van der Waals surface area contributed by atoms with Gasteiger partial charge in [-0.2, -0.15) is 0 Å². The lowest BCUT2D eigenvalue weighted by molar-refractivity contribution is -0.148. The van der Waals surface area contributed by atoms with Crippen molar-refractivity contribution in [1.29, 1.82) is 0 Å². The minimum absolute atomic E-state index is 0.0378. The van der Waals surface area contributed by atoms with Crippen LogP contribution in [0.25, 0.3) is 6.08 Å². The van der Waals surface area contributed by atoms with Gasteiger partial charge in [0.25, 0.3) is 5.91 Å². The van der Waals surface area contributed by atoms with Gasteiger partial charge in [-0.05, 0) is 42.8 Å². The number of carbonyl (C=O) groups excluding carboxylic acids is 2. The Hall–Kier alpha value is -2.47. The molecule has 6 heteroatoms. The van der Waals surface area contributed by atoms with Crippen molar-refractivity contribution in [2.24, 2.45) is 0 Å². The van der Waals surface area contributed by atoms with E-state index < -0.39 is 23.8 Å². The molecule has 1 N–H and O–H groups in total. The third kappa shape index (κ3) is 5.31. The van der Waals surface area contributed by atoms with Crippen molar-refractivity contribution in [3.8, 4) is 0 Å². The molecule has 0 radical (unpaired) electrons. The van der Waals surface area contributed by atoms with E-state index in [2.05, 4.69) is 21.2 Å². The molecule has 24 heavy (non-hydrogen) atoms. The fourth-order valence-electron chi connectivity index (χ4n) is 1.80. The van der Waals surface area contributed by atoms with Gasteiger partial charge in [0.2, 0.25) is 0 Å². The summed E-state index contributed by atoms with van der Waals surface area (Å²) in [6.07, 6.45) is 1.76. The zero-order valence-corrected chi connectivity index (χ0v) is 14.4. The number of hydrogen-bond donors (Lipinski definition) is 1. The van der Waals surface area contributed by atoms with Crippen LogP contribution in [-0.2, 0) is 14.3 Å². The predicted molar refractivity (Wildman–Crippen MR) is 93.8 cm³/mol. The monoisotopic (exact) mass is 391 g/mol. The molecule has 0 aliphatic heterocycles. The number of hydrogen-bond acceptors (Lipinski definition) is 3. The lowest BCUT2D eigenvalue weighted by atomic mass is 10.2. The minimum Gasteiger partial charge on any atom is -0.449 e. The van der Waals surface area contributed by atoms with E-state index in [9.17, 15) is 14.0 Å². The quantitative estimate of drug-likeness (QED) is 0.614. The maximum atomic E-state index is 13.5. The summed E-state index contributed by atoms with van der Waals surface area (Å²) < 4.78 is 19.4. The highest BCUT2D eigenvalue weighted by Crippen LogP contribution is 2.14. The number of benzene rings is 2. The topological polar surface area (TPSA) is 55.4 Å². The van der Waals surface area contributed by atoms with E-state index >= 15 is 0 Å². The van der Waals surface area contributed by atoms with Gasteiger partial charge in [0.15, 0.2) is 6.10 Å². The first-order valence-electron chi connectivity index (χ1n) is 7.15. The third-order valence-corrected chi connectivity index (χ3v) is 3.60. The minimum atomic E-state index is -1.05. The first-order valence-corrected chi connectivity index (χ1v) is 7.94. The average molecular weight is 392 g/mol. The Labute approximate surface area is 147 Å². The fraction of sp³-hybridized carbons (Fsp3) is 0.111. The van der Waals surface area contributed by atoms with Gasteiger partial charge in [-0.3, -0.25) is 4.79 Å². The van der Waals surface area contributed by atoms with Crippen LogP contribution >= 0.6 is 15.9 Å². The predicted octanol–water partition coefficient (Wildman–Crippen LogP) is 4.17. The Morgan fingerprint density at radius 1 is 1.17 bits per heavy atom. The zero-order valence-electron chi connectivity index (χ0n) is 12.8. The standard InChI is InChI=1S/C18H15BrFNO3/c1-12(18(23)21-16-5-3-2-4-15(16)20)24-17(22)11-8-13-6-9-14(19)10-7-13/h2-12H,1H3,(H,21,23)/b11-8+. The molecule has 1 atom stereocenters. The van der Waals surface area contributed by atoms with Gasteiger partial charge in [-0.15, -0.1) is 0 Å². The SMILES string of the molecule is CC(OC(=O)/C=C/c1ccc(Br)cc1)C(=O)Nc1ccccc1F. The first kappa shape index (κ1) is 17.9. The number of ether oxygens (including phenoxy) is 1. The van der Waals surface area contributed by atoms with Crippen molar-refractivity contribution in [3.63, 3.8) is 0 Å². The number of amides is 1. The Balaban J connectivity index is 1.90. The van der Waals surface area contributed by atoms with Gasteiger partial charge in [-0.1, -0.05) is 40.2 Å². The first-order chi connectivity index (χ1) is 11.5. The number of carbonyl (C=O) groups is 2. The summed E-state index contributed by atoms with van der Waals surface area (Å²) in [5.41, 5.74) is 0.856. The molecular weight excluding hydrogens is 377 g/mol. The summed E-state index contributed by atoms with van der Waals surface area (Å²) in [5, 5.41) is 2.37. The molecule has 0 saturated carbocycles. The van der Waals surface area contributed by atoms with Crippen LogP contribution in [0.3, 0.4) is 0 Å². The van der Waals surface area contributed by atoms with Gasteiger partial charge in [-0.25, -0.2) is 9.18 Å². The number of halogens is 2. The summed E-state index contributed by atoms with van der Waals surface area (Å²) in [5.74, 6) is -1.82.